The summed E-state index contributed by atoms with van der Waals surface area (Å²) in [6.07, 6.45) is 4.74. The van der Waals surface area contributed by atoms with E-state index in [1.165, 1.54) is 11.8 Å². The van der Waals surface area contributed by atoms with Gasteiger partial charge in [0.15, 0.2) is 0 Å². The first-order valence-electron chi connectivity index (χ1n) is 9.20. The van der Waals surface area contributed by atoms with E-state index in [0.717, 1.165) is 45.7 Å². The molecule has 148 valence electrons. The lowest BCUT2D eigenvalue weighted by atomic mass is 10.2. The second kappa shape index (κ2) is 7.67. The van der Waals surface area contributed by atoms with Crippen molar-refractivity contribution in [2.75, 3.05) is 0 Å². The van der Waals surface area contributed by atoms with Crippen LogP contribution >= 0.6 is 11.8 Å². The Morgan fingerprint density at radius 1 is 1.28 bits per heavy atom. The number of rotatable bonds is 7. The minimum atomic E-state index is -3.48. The zero-order chi connectivity index (χ0) is 20.6. The topological polar surface area (TPSA) is 91.4 Å². The normalized spacial score (nSPS) is 14.1. The highest BCUT2D eigenvalue weighted by Gasteiger charge is 2.28. The molecular formula is C21H19N3O3S2. The van der Waals surface area contributed by atoms with Gasteiger partial charge in [-0.25, -0.2) is 13.1 Å². The third-order valence-corrected chi connectivity index (χ3v) is 7.67. The Balaban J connectivity index is 1.69. The van der Waals surface area contributed by atoms with E-state index in [0.29, 0.717) is 5.56 Å². The largest absolute Gasteiger partial charge is 0.319 e. The average Bonchev–Trinajstić information content (AvgIpc) is 3.49. The lowest BCUT2D eigenvalue weighted by molar-refractivity contribution is -0.107. The maximum absolute atomic E-state index is 12.3. The number of nitriles is 1. The van der Waals surface area contributed by atoms with Gasteiger partial charge in [0.05, 0.1) is 22.0 Å². The highest BCUT2D eigenvalue weighted by atomic mass is 32.2. The summed E-state index contributed by atoms with van der Waals surface area (Å²) in [7, 11) is -3.48. The quantitative estimate of drug-likeness (QED) is 0.586. The van der Waals surface area contributed by atoms with E-state index in [-0.39, 0.29) is 17.4 Å². The van der Waals surface area contributed by atoms with Crippen LogP contribution in [0.2, 0.25) is 0 Å². The molecule has 0 saturated heterocycles. The molecule has 2 aromatic heterocycles. The predicted molar refractivity (Wildman–Crippen MR) is 111 cm³/mol. The van der Waals surface area contributed by atoms with E-state index in [4.69, 9.17) is 0 Å². The number of nitrogens with one attached hydrogen (secondary N) is 1. The number of sulfonamides is 1. The van der Waals surface area contributed by atoms with E-state index in [9.17, 15) is 18.5 Å². The van der Waals surface area contributed by atoms with Crippen molar-refractivity contribution in [3.05, 3.63) is 59.4 Å². The standard InChI is InChI=1S/C21H19N3O3S2/c1-14-19(9-11-25)24-10-8-15(13-22)12-20(24)21(14)28-17-4-6-18(7-5-17)29(26,27)23-16-2-3-16/h4-8,10-12,16,23H,2-3,9H2,1H3. The molecule has 2 heterocycles. The molecule has 1 aromatic carbocycles. The number of benzene rings is 1. The number of fused-ring (bicyclic) bond motifs is 1. The van der Waals surface area contributed by atoms with Crippen LogP contribution in [0, 0.1) is 18.3 Å². The van der Waals surface area contributed by atoms with Gasteiger partial charge in [0.25, 0.3) is 0 Å². The van der Waals surface area contributed by atoms with Crippen molar-refractivity contribution >= 4 is 33.6 Å². The van der Waals surface area contributed by atoms with E-state index in [2.05, 4.69) is 10.8 Å². The van der Waals surface area contributed by atoms with Crippen LogP contribution in [0.15, 0.2) is 57.3 Å². The molecular weight excluding hydrogens is 406 g/mol. The highest BCUT2D eigenvalue weighted by molar-refractivity contribution is 7.99. The van der Waals surface area contributed by atoms with Crippen LogP contribution in [0.25, 0.3) is 5.52 Å². The smallest absolute Gasteiger partial charge is 0.240 e. The van der Waals surface area contributed by atoms with Crippen LogP contribution in [0.4, 0.5) is 0 Å². The lowest BCUT2D eigenvalue weighted by Crippen LogP contribution is -2.25. The molecule has 1 fully saturated rings. The summed E-state index contributed by atoms with van der Waals surface area (Å²) in [4.78, 5) is 13.2. The van der Waals surface area contributed by atoms with E-state index >= 15 is 0 Å². The van der Waals surface area contributed by atoms with E-state index < -0.39 is 10.0 Å². The molecule has 29 heavy (non-hydrogen) atoms. The minimum absolute atomic E-state index is 0.0648. The van der Waals surface area contributed by atoms with Gasteiger partial charge in [0.2, 0.25) is 10.0 Å². The Bertz CT molecular complexity index is 1230. The van der Waals surface area contributed by atoms with Crippen molar-refractivity contribution < 1.29 is 13.2 Å². The lowest BCUT2D eigenvalue weighted by Gasteiger charge is -2.07. The third kappa shape index (κ3) is 3.94. The fraction of sp³-hybridized carbons (Fsp3) is 0.238. The molecule has 0 spiro atoms. The Labute approximate surface area is 173 Å². The summed E-state index contributed by atoms with van der Waals surface area (Å²) in [6, 6.07) is 12.5. The first-order chi connectivity index (χ1) is 13.9. The summed E-state index contributed by atoms with van der Waals surface area (Å²) < 4.78 is 29.3. The highest BCUT2D eigenvalue weighted by Crippen LogP contribution is 2.37. The number of hydrogen-bond donors (Lipinski definition) is 1. The summed E-state index contributed by atoms with van der Waals surface area (Å²) in [6.45, 7) is 1.96. The van der Waals surface area contributed by atoms with Crippen molar-refractivity contribution in [2.45, 2.75) is 46.9 Å². The zero-order valence-electron chi connectivity index (χ0n) is 15.8. The van der Waals surface area contributed by atoms with Gasteiger partial charge in [-0.15, -0.1) is 0 Å². The number of aldehydes is 1. The molecule has 0 atom stereocenters. The van der Waals surface area contributed by atoms with Crippen molar-refractivity contribution in [3.8, 4) is 6.07 Å². The Morgan fingerprint density at radius 3 is 2.62 bits per heavy atom. The summed E-state index contributed by atoms with van der Waals surface area (Å²) in [5.41, 5.74) is 3.26. The number of carbonyl (C=O) groups is 1. The Hall–Kier alpha value is -2.60. The average molecular weight is 426 g/mol. The molecule has 6 nitrogen and oxygen atoms in total. The summed E-state index contributed by atoms with van der Waals surface area (Å²) in [5.74, 6) is 0. The minimum Gasteiger partial charge on any atom is -0.319 e. The van der Waals surface area contributed by atoms with Crippen LogP contribution < -0.4 is 4.72 Å². The SMILES string of the molecule is Cc1c(Sc2ccc(S(=O)(=O)NC3CC3)cc2)c2cc(C#N)ccn2c1CC=O. The van der Waals surface area contributed by atoms with Crippen LogP contribution in [0.3, 0.4) is 0 Å². The molecule has 4 rings (SSSR count). The summed E-state index contributed by atoms with van der Waals surface area (Å²) in [5, 5.41) is 9.25. The Morgan fingerprint density at radius 2 is 2.00 bits per heavy atom. The fourth-order valence-corrected chi connectivity index (χ4v) is 5.58. The fourth-order valence-electron chi connectivity index (χ4n) is 3.24. The van der Waals surface area contributed by atoms with Gasteiger partial charge in [-0.3, -0.25) is 0 Å². The number of nitrogens with zero attached hydrogens (tertiary/aromatic N) is 2. The monoisotopic (exact) mass is 425 g/mol. The van der Waals surface area contributed by atoms with Crippen LogP contribution in [0.1, 0.15) is 29.7 Å². The maximum atomic E-state index is 12.3. The molecule has 0 bridgehead atoms. The van der Waals surface area contributed by atoms with Gasteiger partial charge in [-0.2, -0.15) is 5.26 Å². The molecule has 0 radical (unpaired) electrons. The Kier molecular flexibility index (Phi) is 5.21. The first-order valence-corrected chi connectivity index (χ1v) is 11.5. The van der Waals surface area contributed by atoms with Gasteiger partial charge >= 0.3 is 0 Å². The van der Waals surface area contributed by atoms with Crippen molar-refractivity contribution in [3.63, 3.8) is 0 Å². The molecule has 3 aromatic rings. The van der Waals surface area contributed by atoms with Crippen molar-refractivity contribution in [2.24, 2.45) is 0 Å². The molecule has 1 saturated carbocycles. The van der Waals surface area contributed by atoms with E-state index in [1.54, 1.807) is 30.3 Å². The molecule has 1 aliphatic rings. The molecule has 0 amide bonds. The molecule has 0 aliphatic heterocycles. The van der Waals surface area contributed by atoms with Gasteiger partial charge in [-0.05, 0) is 61.7 Å². The summed E-state index contributed by atoms with van der Waals surface area (Å²) >= 11 is 1.49. The van der Waals surface area contributed by atoms with Gasteiger partial charge in [0, 0.05) is 34.1 Å². The third-order valence-electron chi connectivity index (χ3n) is 4.91. The number of hydrogen-bond acceptors (Lipinski definition) is 5. The predicted octanol–water partition coefficient (Wildman–Crippen LogP) is 3.45. The van der Waals surface area contributed by atoms with Crippen LogP contribution in [-0.2, 0) is 21.2 Å². The molecule has 1 aliphatic carbocycles. The maximum Gasteiger partial charge on any atom is 0.240 e. The second-order valence-corrected chi connectivity index (χ2v) is 9.82. The first kappa shape index (κ1) is 19.7. The van der Waals surface area contributed by atoms with Gasteiger partial charge < -0.3 is 9.20 Å². The van der Waals surface area contributed by atoms with Crippen LogP contribution in [-0.4, -0.2) is 25.1 Å². The number of pyridine rings is 1. The molecule has 8 heteroatoms. The molecule has 0 unspecified atom stereocenters. The van der Waals surface area contributed by atoms with Crippen molar-refractivity contribution in [1.29, 1.82) is 5.26 Å². The number of aromatic nitrogens is 1. The number of carbonyl (C=O) groups excluding carboxylic acids is 1. The van der Waals surface area contributed by atoms with Gasteiger partial charge in [0.1, 0.15) is 6.29 Å². The van der Waals surface area contributed by atoms with E-state index in [1.807, 2.05) is 23.6 Å². The second-order valence-electron chi connectivity index (χ2n) is 7.02. The van der Waals surface area contributed by atoms with Crippen LogP contribution in [0.5, 0.6) is 0 Å². The zero-order valence-corrected chi connectivity index (χ0v) is 17.4. The van der Waals surface area contributed by atoms with Crippen molar-refractivity contribution in [1.82, 2.24) is 9.12 Å². The molecule has 1 N–H and O–H groups in total. The van der Waals surface area contributed by atoms with Gasteiger partial charge in [-0.1, -0.05) is 11.8 Å².